The summed E-state index contributed by atoms with van der Waals surface area (Å²) in [5.41, 5.74) is -1.02. The van der Waals surface area contributed by atoms with Crippen molar-refractivity contribution in [2.75, 3.05) is 6.61 Å². The van der Waals surface area contributed by atoms with Crippen molar-refractivity contribution in [3.8, 4) is 0 Å². The molecule has 1 N–H and O–H groups in total. The highest BCUT2D eigenvalue weighted by atomic mass is 16.5. The molecule has 0 saturated carbocycles. The van der Waals surface area contributed by atoms with E-state index < -0.39 is 11.6 Å². The number of hydrogen-bond acceptors (Lipinski definition) is 3. The van der Waals surface area contributed by atoms with E-state index in [-0.39, 0.29) is 13.0 Å². The van der Waals surface area contributed by atoms with E-state index in [1.54, 1.807) is 31.2 Å². The lowest BCUT2D eigenvalue weighted by Gasteiger charge is -2.24. The summed E-state index contributed by atoms with van der Waals surface area (Å²) in [7, 11) is 0. The lowest BCUT2D eigenvalue weighted by atomic mass is 9.91. The number of carbonyl (C=O) groups excluding carboxylic acids is 1. The third-order valence-corrected chi connectivity index (χ3v) is 2.43. The van der Waals surface area contributed by atoms with Gasteiger partial charge in [-0.15, -0.1) is 0 Å². The molecule has 3 nitrogen and oxygen atoms in total. The number of hydrogen-bond donors (Lipinski definition) is 1. The van der Waals surface area contributed by atoms with E-state index in [1.807, 2.05) is 6.07 Å². The molecule has 1 rings (SSSR count). The average Bonchev–Trinajstić information content (AvgIpc) is 2.35. The Kier molecular flexibility index (Phi) is 4.26. The predicted octanol–water partition coefficient (Wildman–Crippen LogP) is 2.01. The number of esters is 1. The summed E-state index contributed by atoms with van der Waals surface area (Å²) in [6.07, 6.45) is 1.74. The van der Waals surface area contributed by atoms with Crippen LogP contribution >= 0.6 is 0 Å². The molecule has 1 aromatic carbocycles. The molecule has 0 aliphatic heterocycles. The molecule has 16 heavy (non-hydrogen) atoms. The Balaban J connectivity index is 2.93. The number of ether oxygens (including phenoxy) is 1. The Hall–Kier alpha value is -1.61. The summed E-state index contributed by atoms with van der Waals surface area (Å²) in [5.74, 6) is -0.638. The minimum Gasteiger partial charge on any atom is -0.459 e. The molecule has 3 heteroatoms. The normalized spacial score (nSPS) is 13.9. The summed E-state index contributed by atoms with van der Waals surface area (Å²) >= 11 is 0. The molecule has 0 aliphatic rings. The number of rotatable bonds is 5. The minimum atomic E-state index is -1.57. The first-order valence-corrected chi connectivity index (χ1v) is 5.21. The maximum absolute atomic E-state index is 11.7. The predicted molar refractivity (Wildman–Crippen MR) is 61.8 cm³/mol. The summed E-state index contributed by atoms with van der Waals surface area (Å²) in [6, 6.07) is 8.79. The minimum absolute atomic E-state index is 0.105. The SMILES string of the molecule is C=CCOC(=O)[C@@](O)(CC)c1ccccc1. The zero-order chi connectivity index (χ0) is 12.0. The molecule has 0 heterocycles. The fourth-order valence-corrected chi connectivity index (χ4v) is 1.43. The Labute approximate surface area is 95.4 Å². The van der Waals surface area contributed by atoms with Gasteiger partial charge in [0, 0.05) is 0 Å². The van der Waals surface area contributed by atoms with Crippen molar-refractivity contribution in [2.45, 2.75) is 18.9 Å². The van der Waals surface area contributed by atoms with E-state index in [4.69, 9.17) is 4.74 Å². The molecule has 0 spiro atoms. The van der Waals surface area contributed by atoms with E-state index in [2.05, 4.69) is 6.58 Å². The fourth-order valence-electron chi connectivity index (χ4n) is 1.43. The molecule has 0 saturated heterocycles. The van der Waals surface area contributed by atoms with Crippen LogP contribution in [0.25, 0.3) is 0 Å². The van der Waals surface area contributed by atoms with E-state index in [9.17, 15) is 9.90 Å². The monoisotopic (exact) mass is 220 g/mol. The van der Waals surface area contributed by atoms with Gasteiger partial charge in [-0.05, 0) is 12.0 Å². The van der Waals surface area contributed by atoms with Crippen LogP contribution in [0.2, 0.25) is 0 Å². The smallest absolute Gasteiger partial charge is 0.343 e. The van der Waals surface area contributed by atoms with Gasteiger partial charge in [-0.25, -0.2) is 4.79 Å². The van der Waals surface area contributed by atoms with Crippen molar-refractivity contribution in [1.82, 2.24) is 0 Å². The fraction of sp³-hybridized carbons (Fsp3) is 0.308. The van der Waals surface area contributed by atoms with Crippen molar-refractivity contribution < 1.29 is 14.6 Å². The lowest BCUT2D eigenvalue weighted by molar-refractivity contribution is -0.166. The van der Waals surface area contributed by atoms with Gasteiger partial charge in [0.05, 0.1) is 0 Å². The number of benzene rings is 1. The average molecular weight is 220 g/mol. The van der Waals surface area contributed by atoms with E-state index >= 15 is 0 Å². The van der Waals surface area contributed by atoms with Gasteiger partial charge in [-0.2, -0.15) is 0 Å². The third-order valence-electron chi connectivity index (χ3n) is 2.43. The van der Waals surface area contributed by atoms with Crippen molar-refractivity contribution in [3.63, 3.8) is 0 Å². The Morgan fingerprint density at radius 1 is 1.50 bits per heavy atom. The van der Waals surface area contributed by atoms with E-state index in [1.165, 1.54) is 6.08 Å². The van der Waals surface area contributed by atoms with Gasteiger partial charge in [0.15, 0.2) is 5.60 Å². The molecule has 0 radical (unpaired) electrons. The lowest BCUT2D eigenvalue weighted by Crippen LogP contribution is -2.36. The number of carbonyl (C=O) groups is 1. The first kappa shape index (κ1) is 12.5. The highest BCUT2D eigenvalue weighted by molar-refractivity contribution is 5.81. The van der Waals surface area contributed by atoms with Crippen molar-refractivity contribution in [2.24, 2.45) is 0 Å². The van der Waals surface area contributed by atoms with Crippen LogP contribution in [-0.2, 0) is 15.1 Å². The second-order valence-corrected chi connectivity index (χ2v) is 3.47. The van der Waals surface area contributed by atoms with Gasteiger partial charge in [0.25, 0.3) is 0 Å². The van der Waals surface area contributed by atoms with Gasteiger partial charge < -0.3 is 9.84 Å². The first-order chi connectivity index (χ1) is 7.65. The molecule has 0 fully saturated rings. The topological polar surface area (TPSA) is 46.5 Å². The van der Waals surface area contributed by atoms with Crippen LogP contribution in [0, 0.1) is 0 Å². The van der Waals surface area contributed by atoms with Crippen LogP contribution in [0.4, 0.5) is 0 Å². The Bertz CT molecular complexity index is 359. The highest BCUT2D eigenvalue weighted by Gasteiger charge is 2.37. The van der Waals surface area contributed by atoms with Gasteiger partial charge in [-0.3, -0.25) is 0 Å². The molecule has 0 unspecified atom stereocenters. The maximum Gasteiger partial charge on any atom is 0.343 e. The zero-order valence-corrected chi connectivity index (χ0v) is 9.35. The molecular weight excluding hydrogens is 204 g/mol. The second kappa shape index (κ2) is 5.47. The summed E-state index contributed by atoms with van der Waals surface area (Å²) in [4.78, 5) is 11.7. The summed E-state index contributed by atoms with van der Waals surface area (Å²) in [5, 5.41) is 10.3. The van der Waals surface area contributed by atoms with Crippen LogP contribution in [0.1, 0.15) is 18.9 Å². The van der Waals surface area contributed by atoms with Crippen LogP contribution in [-0.4, -0.2) is 17.7 Å². The van der Waals surface area contributed by atoms with Crippen molar-refractivity contribution in [3.05, 3.63) is 48.6 Å². The Morgan fingerprint density at radius 3 is 2.62 bits per heavy atom. The standard InChI is InChI=1S/C13H16O3/c1-3-10-16-12(14)13(15,4-2)11-8-6-5-7-9-11/h3,5-9,15H,1,4,10H2,2H3/t13-/m1/s1. The summed E-state index contributed by atoms with van der Waals surface area (Å²) in [6.45, 7) is 5.30. The molecule has 0 bridgehead atoms. The molecule has 1 atom stereocenters. The molecule has 0 aliphatic carbocycles. The van der Waals surface area contributed by atoms with Crippen molar-refractivity contribution >= 4 is 5.97 Å². The molecule has 86 valence electrons. The van der Waals surface area contributed by atoms with Gasteiger partial charge in [0.2, 0.25) is 0 Å². The zero-order valence-electron chi connectivity index (χ0n) is 9.35. The van der Waals surface area contributed by atoms with Crippen LogP contribution in [0.3, 0.4) is 0 Å². The van der Waals surface area contributed by atoms with Gasteiger partial charge in [0.1, 0.15) is 6.61 Å². The number of aliphatic hydroxyl groups is 1. The molecule has 0 amide bonds. The quantitative estimate of drug-likeness (QED) is 0.610. The van der Waals surface area contributed by atoms with Crippen LogP contribution in [0.15, 0.2) is 43.0 Å². The highest BCUT2D eigenvalue weighted by Crippen LogP contribution is 2.26. The summed E-state index contributed by atoms with van der Waals surface area (Å²) < 4.78 is 4.89. The van der Waals surface area contributed by atoms with E-state index in [0.717, 1.165) is 0 Å². The third kappa shape index (κ3) is 2.49. The van der Waals surface area contributed by atoms with E-state index in [0.29, 0.717) is 5.56 Å². The second-order valence-electron chi connectivity index (χ2n) is 3.47. The molecule has 0 aromatic heterocycles. The Morgan fingerprint density at radius 2 is 2.12 bits per heavy atom. The van der Waals surface area contributed by atoms with Gasteiger partial charge >= 0.3 is 5.97 Å². The first-order valence-electron chi connectivity index (χ1n) is 5.21. The van der Waals surface area contributed by atoms with Crippen LogP contribution in [0.5, 0.6) is 0 Å². The molecule has 1 aromatic rings. The van der Waals surface area contributed by atoms with Gasteiger partial charge in [-0.1, -0.05) is 49.9 Å². The largest absolute Gasteiger partial charge is 0.459 e. The molecular formula is C13H16O3. The van der Waals surface area contributed by atoms with Crippen molar-refractivity contribution in [1.29, 1.82) is 0 Å². The maximum atomic E-state index is 11.7. The van der Waals surface area contributed by atoms with Crippen LogP contribution < -0.4 is 0 Å².